The van der Waals surface area contributed by atoms with E-state index in [0.717, 1.165) is 47.0 Å². The van der Waals surface area contributed by atoms with Crippen molar-refractivity contribution in [3.8, 4) is 5.69 Å². The molecule has 0 atom stereocenters. The van der Waals surface area contributed by atoms with Crippen LogP contribution in [0.4, 0.5) is 0 Å². The van der Waals surface area contributed by atoms with Gasteiger partial charge in [0, 0.05) is 35.0 Å². The number of aryl methyl sites for hydroxylation is 3. The zero-order chi connectivity index (χ0) is 22.4. The van der Waals surface area contributed by atoms with Crippen LogP contribution >= 0.6 is 34.7 Å². The fraction of sp³-hybridized carbons (Fsp3) is 0.391. The molecule has 9 heteroatoms. The monoisotopic (exact) mass is 487 g/mol. The van der Waals surface area contributed by atoms with Crippen molar-refractivity contribution in [3.63, 3.8) is 0 Å². The van der Waals surface area contributed by atoms with Crippen LogP contribution in [0.1, 0.15) is 41.7 Å². The molecule has 0 N–H and O–H groups in total. The second-order valence-electron chi connectivity index (χ2n) is 8.15. The summed E-state index contributed by atoms with van der Waals surface area (Å²) < 4.78 is 1.63. The Morgan fingerprint density at radius 3 is 2.59 bits per heavy atom. The first-order valence-corrected chi connectivity index (χ1v) is 12.9. The van der Waals surface area contributed by atoms with E-state index in [1.807, 2.05) is 19.1 Å². The predicted octanol–water partition coefficient (Wildman–Crippen LogP) is 4.53. The molecule has 3 aromatic rings. The highest BCUT2D eigenvalue weighted by atomic mass is 35.5. The number of carbonyl (C=O) groups excluding carboxylic acids is 2. The zero-order valence-corrected chi connectivity index (χ0v) is 20.0. The largest absolute Gasteiger partial charge is 0.282 e. The minimum Gasteiger partial charge on any atom is -0.282 e. The fourth-order valence-corrected chi connectivity index (χ4v) is 6.75. The Morgan fingerprint density at radius 2 is 1.84 bits per heavy atom. The molecule has 3 heterocycles. The van der Waals surface area contributed by atoms with Crippen molar-refractivity contribution >= 4 is 56.7 Å². The van der Waals surface area contributed by atoms with E-state index in [9.17, 15) is 14.4 Å². The van der Waals surface area contributed by atoms with Crippen LogP contribution in [0.5, 0.6) is 0 Å². The highest BCUT2D eigenvalue weighted by molar-refractivity contribution is 7.99. The molecular formula is C23H22ClN3O3S2. The minimum absolute atomic E-state index is 0.0786. The van der Waals surface area contributed by atoms with Crippen molar-refractivity contribution in [3.05, 3.63) is 49.6 Å². The summed E-state index contributed by atoms with van der Waals surface area (Å²) >= 11 is 9.38. The topological polar surface area (TPSA) is 72.3 Å². The second-order valence-corrected chi connectivity index (χ2v) is 10.7. The molecule has 0 bridgehead atoms. The van der Waals surface area contributed by atoms with Crippen molar-refractivity contribution in [1.29, 1.82) is 0 Å². The number of hydrogen-bond donors (Lipinski definition) is 0. The molecule has 0 unspecified atom stereocenters. The van der Waals surface area contributed by atoms with Crippen molar-refractivity contribution in [1.82, 2.24) is 14.5 Å². The van der Waals surface area contributed by atoms with Crippen molar-refractivity contribution in [2.75, 3.05) is 12.3 Å². The number of benzene rings is 1. The van der Waals surface area contributed by atoms with Crippen LogP contribution in [-0.2, 0) is 22.4 Å². The lowest BCUT2D eigenvalue weighted by molar-refractivity contribution is -0.137. The molecule has 1 aliphatic heterocycles. The highest BCUT2D eigenvalue weighted by Crippen LogP contribution is 2.35. The summed E-state index contributed by atoms with van der Waals surface area (Å²) in [7, 11) is 0. The van der Waals surface area contributed by atoms with Gasteiger partial charge in [0.1, 0.15) is 4.83 Å². The molecule has 0 spiro atoms. The molecule has 2 aromatic heterocycles. The summed E-state index contributed by atoms with van der Waals surface area (Å²) in [4.78, 5) is 45.9. The molecule has 32 heavy (non-hydrogen) atoms. The van der Waals surface area contributed by atoms with E-state index in [1.165, 1.54) is 21.5 Å². The smallest absolute Gasteiger partial charge is 0.267 e. The molecular weight excluding hydrogens is 466 g/mol. The van der Waals surface area contributed by atoms with Crippen LogP contribution in [-0.4, -0.2) is 38.6 Å². The number of likely N-dealkylation sites (tertiary alicyclic amines) is 1. The summed E-state index contributed by atoms with van der Waals surface area (Å²) in [5.74, 6) is 0.209. The van der Waals surface area contributed by atoms with Crippen LogP contribution in [0.2, 0.25) is 5.02 Å². The summed E-state index contributed by atoms with van der Waals surface area (Å²) in [6, 6.07) is 5.57. The number of fused-ring (bicyclic) bond motifs is 3. The van der Waals surface area contributed by atoms with E-state index in [-0.39, 0.29) is 30.2 Å². The zero-order valence-electron chi connectivity index (χ0n) is 17.6. The average Bonchev–Trinajstić information content (AvgIpc) is 3.30. The van der Waals surface area contributed by atoms with Gasteiger partial charge in [-0.3, -0.25) is 23.9 Å². The van der Waals surface area contributed by atoms with Gasteiger partial charge in [0.25, 0.3) is 5.56 Å². The summed E-state index contributed by atoms with van der Waals surface area (Å²) in [5.41, 5.74) is 2.67. The van der Waals surface area contributed by atoms with Crippen molar-refractivity contribution < 1.29 is 9.59 Å². The van der Waals surface area contributed by atoms with Gasteiger partial charge in [0.2, 0.25) is 11.8 Å². The lowest BCUT2D eigenvalue weighted by Gasteiger charge is -2.16. The molecule has 5 rings (SSSR count). The molecule has 1 saturated heterocycles. The summed E-state index contributed by atoms with van der Waals surface area (Å²) in [6.07, 6.45) is 4.69. The van der Waals surface area contributed by atoms with Gasteiger partial charge in [-0.05, 0) is 55.9 Å². The number of rotatable bonds is 5. The van der Waals surface area contributed by atoms with E-state index < -0.39 is 0 Å². The van der Waals surface area contributed by atoms with Crippen molar-refractivity contribution in [2.24, 2.45) is 0 Å². The van der Waals surface area contributed by atoms with Crippen LogP contribution in [0.15, 0.2) is 28.2 Å². The van der Waals surface area contributed by atoms with Crippen LogP contribution in [0.25, 0.3) is 15.9 Å². The Morgan fingerprint density at radius 1 is 1.09 bits per heavy atom. The quantitative estimate of drug-likeness (QED) is 0.300. The fourth-order valence-electron chi connectivity index (χ4n) is 4.33. The third kappa shape index (κ3) is 3.78. The maximum Gasteiger partial charge on any atom is 0.267 e. The lowest BCUT2D eigenvalue weighted by atomic mass is 9.97. The Bertz CT molecular complexity index is 1300. The summed E-state index contributed by atoms with van der Waals surface area (Å²) in [5, 5.41) is 1.86. The van der Waals surface area contributed by atoms with E-state index in [0.29, 0.717) is 28.2 Å². The van der Waals surface area contributed by atoms with Crippen LogP contribution in [0.3, 0.4) is 0 Å². The van der Waals surface area contributed by atoms with E-state index in [4.69, 9.17) is 16.6 Å². The number of imide groups is 1. The maximum absolute atomic E-state index is 13.8. The number of aromatic nitrogens is 2. The van der Waals surface area contributed by atoms with Gasteiger partial charge in [-0.15, -0.1) is 11.3 Å². The Hall–Kier alpha value is -2.16. The molecule has 6 nitrogen and oxygen atoms in total. The van der Waals surface area contributed by atoms with Crippen LogP contribution < -0.4 is 5.56 Å². The third-order valence-electron chi connectivity index (χ3n) is 6.07. The van der Waals surface area contributed by atoms with E-state index in [1.54, 1.807) is 22.0 Å². The normalized spacial score (nSPS) is 16.2. The van der Waals surface area contributed by atoms with Gasteiger partial charge < -0.3 is 0 Å². The Balaban J connectivity index is 1.58. The number of carbonyl (C=O) groups is 2. The number of thiophene rings is 1. The minimum atomic E-state index is -0.132. The highest BCUT2D eigenvalue weighted by Gasteiger charge is 2.29. The van der Waals surface area contributed by atoms with Gasteiger partial charge in [-0.2, -0.15) is 0 Å². The Kier molecular flexibility index (Phi) is 5.86. The van der Waals surface area contributed by atoms with Gasteiger partial charge >= 0.3 is 0 Å². The number of halogens is 1. The molecule has 0 radical (unpaired) electrons. The van der Waals surface area contributed by atoms with Gasteiger partial charge in [-0.1, -0.05) is 29.4 Å². The average molecular weight is 488 g/mol. The number of hydrogen-bond acceptors (Lipinski definition) is 6. The molecule has 1 fully saturated rings. The number of thioether (sulfide) groups is 1. The van der Waals surface area contributed by atoms with E-state index in [2.05, 4.69) is 0 Å². The first-order chi connectivity index (χ1) is 15.4. The second kappa shape index (κ2) is 8.65. The molecule has 0 saturated carbocycles. The van der Waals surface area contributed by atoms with Crippen LogP contribution in [0, 0.1) is 6.92 Å². The van der Waals surface area contributed by atoms with Gasteiger partial charge in [0.05, 0.1) is 11.1 Å². The molecule has 166 valence electrons. The summed E-state index contributed by atoms with van der Waals surface area (Å²) in [6.45, 7) is 2.23. The van der Waals surface area contributed by atoms with Crippen molar-refractivity contribution in [2.45, 2.75) is 50.6 Å². The SMILES string of the molecule is Cc1ccc(-n2c(SCCN3C(=O)CCC3=O)nc3sc4c(c3c2=O)CCCC4)cc1Cl. The van der Waals surface area contributed by atoms with Gasteiger partial charge in [-0.25, -0.2) is 4.98 Å². The molecule has 1 aromatic carbocycles. The lowest BCUT2D eigenvalue weighted by Crippen LogP contribution is -2.31. The first kappa shape index (κ1) is 21.7. The van der Waals surface area contributed by atoms with E-state index >= 15 is 0 Å². The predicted molar refractivity (Wildman–Crippen MR) is 128 cm³/mol. The third-order valence-corrected chi connectivity index (χ3v) is 8.58. The first-order valence-electron chi connectivity index (χ1n) is 10.7. The molecule has 1 aliphatic carbocycles. The van der Waals surface area contributed by atoms with Gasteiger partial charge in [0.15, 0.2) is 5.16 Å². The number of amides is 2. The Labute approximate surface area is 198 Å². The maximum atomic E-state index is 13.8. The standard InChI is InChI=1S/C23H22ClN3O3S2/c1-13-6-7-14(12-16(13)24)27-22(30)20-15-4-2-3-5-17(15)32-21(20)25-23(27)31-11-10-26-18(28)8-9-19(26)29/h6-7,12H,2-5,8-11H2,1H3. The molecule has 2 amide bonds. The number of nitrogens with zero attached hydrogens (tertiary/aromatic N) is 3. The molecule has 2 aliphatic rings.